The number of hydrogen-bond acceptors (Lipinski definition) is 3. The maximum atomic E-state index is 12.6. The fourth-order valence-corrected chi connectivity index (χ4v) is 2.79. The smallest absolute Gasteiger partial charge is 0.231 e. The van der Waals surface area contributed by atoms with Crippen LogP contribution < -0.4 is 5.32 Å². The molecule has 0 radical (unpaired) electrons. The third kappa shape index (κ3) is 4.23. The molecule has 1 atom stereocenters. The summed E-state index contributed by atoms with van der Waals surface area (Å²) < 4.78 is 0. The van der Waals surface area contributed by atoms with Crippen LogP contribution in [0.4, 0.5) is 5.69 Å². The first kappa shape index (κ1) is 18.4. The van der Waals surface area contributed by atoms with E-state index in [4.69, 9.17) is 0 Å². The van der Waals surface area contributed by atoms with Gasteiger partial charge in [0.05, 0.1) is 5.92 Å². The van der Waals surface area contributed by atoms with Crippen molar-refractivity contribution in [3.8, 4) is 5.75 Å². The molecule has 0 heterocycles. The van der Waals surface area contributed by atoms with E-state index in [-0.39, 0.29) is 17.4 Å². The minimum absolute atomic E-state index is 0.0754. The number of rotatable bonds is 5. The first-order valence-corrected chi connectivity index (χ1v) is 8.76. The highest BCUT2D eigenvalue weighted by Crippen LogP contribution is 2.24. The Bertz CT molecular complexity index is 980. The van der Waals surface area contributed by atoms with Crippen LogP contribution in [0.15, 0.2) is 72.8 Å². The molecule has 1 amide bonds. The van der Waals surface area contributed by atoms with E-state index in [2.05, 4.69) is 5.32 Å². The Hall–Kier alpha value is -3.40. The summed E-state index contributed by atoms with van der Waals surface area (Å²) in [5.74, 6) is -0.594. The molecule has 27 heavy (non-hydrogen) atoms. The van der Waals surface area contributed by atoms with E-state index in [1.54, 1.807) is 56.3 Å². The fourth-order valence-electron chi connectivity index (χ4n) is 2.79. The van der Waals surface area contributed by atoms with Crippen LogP contribution in [0.2, 0.25) is 0 Å². The number of phenols is 1. The van der Waals surface area contributed by atoms with E-state index >= 15 is 0 Å². The van der Waals surface area contributed by atoms with Crippen LogP contribution in [0.1, 0.15) is 39.9 Å². The number of hydrogen-bond donors (Lipinski definition) is 2. The van der Waals surface area contributed by atoms with Crippen LogP contribution in [-0.2, 0) is 4.79 Å². The average molecular weight is 359 g/mol. The number of phenolic OH excluding ortho intramolecular Hbond substituents is 1. The first-order valence-electron chi connectivity index (χ1n) is 8.76. The number of anilines is 1. The molecule has 3 aromatic carbocycles. The number of benzene rings is 3. The highest BCUT2D eigenvalue weighted by atomic mass is 16.3. The number of nitrogens with one attached hydrogen (secondary N) is 1. The summed E-state index contributed by atoms with van der Waals surface area (Å²) in [4.78, 5) is 25.2. The van der Waals surface area contributed by atoms with E-state index in [0.29, 0.717) is 16.8 Å². The summed E-state index contributed by atoms with van der Waals surface area (Å²) in [6.45, 7) is 3.58. The monoisotopic (exact) mass is 359 g/mol. The third-order valence-corrected chi connectivity index (χ3v) is 4.55. The first-order chi connectivity index (χ1) is 13.0. The lowest BCUT2D eigenvalue weighted by Crippen LogP contribution is -2.19. The lowest BCUT2D eigenvalue weighted by atomic mass is 9.95. The van der Waals surface area contributed by atoms with Crippen molar-refractivity contribution in [3.05, 3.63) is 95.1 Å². The maximum absolute atomic E-state index is 12.6. The van der Waals surface area contributed by atoms with Gasteiger partial charge in [-0.05, 0) is 37.1 Å². The Morgan fingerprint density at radius 1 is 0.889 bits per heavy atom. The molecule has 0 aliphatic carbocycles. The van der Waals surface area contributed by atoms with Crippen molar-refractivity contribution in [2.24, 2.45) is 0 Å². The van der Waals surface area contributed by atoms with Gasteiger partial charge in [-0.2, -0.15) is 0 Å². The molecule has 0 spiro atoms. The second kappa shape index (κ2) is 7.87. The Labute approximate surface area is 158 Å². The molecule has 0 bridgehead atoms. The summed E-state index contributed by atoms with van der Waals surface area (Å²) in [5.41, 5.74) is 3.19. The molecule has 3 aromatic rings. The van der Waals surface area contributed by atoms with E-state index in [1.165, 1.54) is 6.07 Å². The molecule has 136 valence electrons. The van der Waals surface area contributed by atoms with Crippen molar-refractivity contribution < 1.29 is 14.7 Å². The minimum Gasteiger partial charge on any atom is -0.508 e. The molecule has 3 rings (SSSR count). The molecular weight excluding hydrogens is 338 g/mol. The highest BCUT2D eigenvalue weighted by molar-refractivity contribution is 6.09. The molecule has 0 fully saturated rings. The van der Waals surface area contributed by atoms with Crippen LogP contribution >= 0.6 is 0 Å². The summed E-state index contributed by atoms with van der Waals surface area (Å²) in [6, 6.07) is 21.2. The number of carbonyl (C=O) groups excluding carboxylic acids is 2. The number of aryl methyl sites for hydroxylation is 1. The summed E-state index contributed by atoms with van der Waals surface area (Å²) in [5, 5.41) is 12.6. The zero-order chi connectivity index (χ0) is 19.4. The lowest BCUT2D eigenvalue weighted by Gasteiger charge is -2.14. The predicted molar refractivity (Wildman–Crippen MR) is 106 cm³/mol. The largest absolute Gasteiger partial charge is 0.508 e. The lowest BCUT2D eigenvalue weighted by molar-refractivity contribution is -0.117. The van der Waals surface area contributed by atoms with Gasteiger partial charge in [-0.15, -0.1) is 0 Å². The topological polar surface area (TPSA) is 66.4 Å². The molecular formula is C23H21NO3. The second-order valence-corrected chi connectivity index (χ2v) is 6.53. The van der Waals surface area contributed by atoms with Crippen molar-refractivity contribution >= 4 is 17.4 Å². The molecule has 0 unspecified atom stereocenters. The van der Waals surface area contributed by atoms with E-state index < -0.39 is 5.92 Å². The molecule has 4 nitrogen and oxygen atoms in total. The molecule has 2 N–H and O–H groups in total. The van der Waals surface area contributed by atoms with Crippen molar-refractivity contribution in [1.82, 2.24) is 0 Å². The fraction of sp³-hybridized carbons (Fsp3) is 0.130. The van der Waals surface area contributed by atoms with Gasteiger partial charge in [0.2, 0.25) is 5.91 Å². The van der Waals surface area contributed by atoms with Crippen LogP contribution in [-0.4, -0.2) is 16.8 Å². The highest BCUT2D eigenvalue weighted by Gasteiger charge is 2.18. The predicted octanol–water partition coefficient (Wildman–Crippen LogP) is 4.67. The van der Waals surface area contributed by atoms with Gasteiger partial charge < -0.3 is 10.4 Å². The van der Waals surface area contributed by atoms with E-state index in [1.807, 2.05) is 24.3 Å². The van der Waals surface area contributed by atoms with Gasteiger partial charge in [0.25, 0.3) is 0 Å². The number of aromatic hydroxyl groups is 1. The van der Waals surface area contributed by atoms with Gasteiger partial charge in [0.1, 0.15) is 5.75 Å². The minimum atomic E-state index is -0.447. The average Bonchev–Trinajstić information content (AvgIpc) is 2.70. The van der Waals surface area contributed by atoms with Crippen LogP contribution in [0, 0.1) is 6.92 Å². The second-order valence-electron chi connectivity index (χ2n) is 6.53. The maximum Gasteiger partial charge on any atom is 0.231 e. The van der Waals surface area contributed by atoms with Crippen molar-refractivity contribution in [2.45, 2.75) is 19.8 Å². The van der Waals surface area contributed by atoms with Gasteiger partial charge in [0, 0.05) is 22.9 Å². The molecule has 0 aliphatic heterocycles. The summed E-state index contributed by atoms with van der Waals surface area (Å²) in [6.07, 6.45) is 0. The molecule has 4 heteroatoms. The van der Waals surface area contributed by atoms with E-state index in [0.717, 1.165) is 11.1 Å². The molecule has 0 saturated heterocycles. The van der Waals surface area contributed by atoms with Gasteiger partial charge in [-0.1, -0.05) is 54.6 Å². The van der Waals surface area contributed by atoms with Gasteiger partial charge in [0.15, 0.2) is 5.78 Å². The molecule has 0 aliphatic rings. The summed E-state index contributed by atoms with van der Waals surface area (Å²) >= 11 is 0. The van der Waals surface area contributed by atoms with Gasteiger partial charge >= 0.3 is 0 Å². The summed E-state index contributed by atoms with van der Waals surface area (Å²) in [7, 11) is 0. The van der Waals surface area contributed by atoms with Gasteiger partial charge in [-0.25, -0.2) is 0 Å². The Balaban J connectivity index is 1.78. The van der Waals surface area contributed by atoms with Crippen LogP contribution in [0.3, 0.4) is 0 Å². The number of ketones is 1. The van der Waals surface area contributed by atoms with Crippen molar-refractivity contribution in [3.63, 3.8) is 0 Å². The Morgan fingerprint density at radius 3 is 2.30 bits per heavy atom. The van der Waals surface area contributed by atoms with Gasteiger partial charge in [-0.3, -0.25) is 9.59 Å². The molecule has 0 aromatic heterocycles. The van der Waals surface area contributed by atoms with E-state index in [9.17, 15) is 14.7 Å². The normalized spacial score (nSPS) is 11.6. The Morgan fingerprint density at radius 2 is 1.59 bits per heavy atom. The standard InChI is InChI=1S/C23H21NO3/c1-15-11-12-20(14-21(15)25)24-23(27)16(2)18-9-6-10-19(13-18)22(26)17-7-4-3-5-8-17/h3-14,16,25H,1-2H3,(H,24,27)/t16-/m1/s1. The zero-order valence-electron chi connectivity index (χ0n) is 15.3. The van der Waals surface area contributed by atoms with Crippen LogP contribution in [0.25, 0.3) is 0 Å². The van der Waals surface area contributed by atoms with Crippen molar-refractivity contribution in [1.29, 1.82) is 0 Å². The van der Waals surface area contributed by atoms with Crippen LogP contribution in [0.5, 0.6) is 5.75 Å². The quantitative estimate of drug-likeness (QED) is 0.650. The number of amides is 1. The zero-order valence-corrected chi connectivity index (χ0v) is 15.3. The third-order valence-electron chi connectivity index (χ3n) is 4.55. The molecule has 0 saturated carbocycles. The van der Waals surface area contributed by atoms with Crippen molar-refractivity contribution in [2.75, 3.05) is 5.32 Å². The SMILES string of the molecule is Cc1ccc(NC(=O)[C@H](C)c2cccc(C(=O)c3ccccc3)c2)cc1O. The number of carbonyl (C=O) groups is 2. The Kier molecular flexibility index (Phi) is 5.36.